The number of halogens is 1. The van der Waals surface area contributed by atoms with Gasteiger partial charge in [0.2, 0.25) is 5.91 Å². The second-order valence-electron chi connectivity index (χ2n) is 7.26. The molecule has 0 aliphatic carbocycles. The van der Waals surface area contributed by atoms with Gasteiger partial charge in [-0.05, 0) is 36.8 Å². The van der Waals surface area contributed by atoms with Gasteiger partial charge in [-0.25, -0.2) is 4.39 Å². The lowest BCUT2D eigenvalue weighted by molar-refractivity contribution is -0.151. The molecule has 3 rings (SSSR count). The van der Waals surface area contributed by atoms with Gasteiger partial charge in [-0.3, -0.25) is 9.59 Å². The molecule has 29 heavy (non-hydrogen) atoms. The van der Waals surface area contributed by atoms with Crippen LogP contribution in [0.1, 0.15) is 42.1 Å². The van der Waals surface area contributed by atoms with Crippen LogP contribution in [0.4, 0.5) is 4.39 Å². The van der Waals surface area contributed by atoms with E-state index < -0.39 is 5.82 Å². The normalized spacial score (nSPS) is 20.8. The third kappa shape index (κ3) is 4.17. The standard InChI is InChI=1S/C23H27FN2O3/c1-3-21(28)26-19(22(20(26)15-27)16-8-6-5-7-9-16)14-25(4-2)23(29)17-10-12-18(24)13-11-17/h5-13,19-20,22,27H,3-4,14-15H2,1-2H3/t19-,20-,22-/m0/s1. The average Bonchev–Trinajstić information content (AvgIpc) is 2.74. The Morgan fingerprint density at radius 1 is 1.03 bits per heavy atom. The van der Waals surface area contributed by atoms with E-state index in [4.69, 9.17) is 0 Å². The van der Waals surface area contributed by atoms with Gasteiger partial charge in [0.25, 0.3) is 5.91 Å². The van der Waals surface area contributed by atoms with E-state index in [0.29, 0.717) is 25.1 Å². The molecule has 2 aromatic carbocycles. The van der Waals surface area contributed by atoms with Gasteiger partial charge in [0, 0.05) is 31.0 Å². The molecular weight excluding hydrogens is 371 g/mol. The first-order valence-electron chi connectivity index (χ1n) is 10.0. The molecule has 6 heteroatoms. The van der Waals surface area contributed by atoms with Crippen molar-refractivity contribution in [3.63, 3.8) is 0 Å². The van der Waals surface area contributed by atoms with Crippen molar-refractivity contribution in [3.8, 4) is 0 Å². The molecular formula is C23H27FN2O3. The third-order valence-corrected chi connectivity index (χ3v) is 5.67. The molecule has 0 bridgehead atoms. The molecule has 0 aromatic heterocycles. The zero-order valence-corrected chi connectivity index (χ0v) is 16.8. The zero-order chi connectivity index (χ0) is 21.0. The van der Waals surface area contributed by atoms with Gasteiger partial charge in [0.05, 0.1) is 18.7 Å². The fourth-order valence-electron chi connectivity index (χ4n) is 4.18. The maximum atomic E-state index is 13.2. The fourth-order valence-corrected chi connectivity index (χ4v) is 4.18. The van der Waals surface area contributed by atoms with Crippen LogP contribution >= 0.6 is 0 Å². The molecule has 1 heterocycles. The number of likely N-dealkylation sites (N-methyl/N-ethyl adjacent to an activating group) is 1. The molecule has 1 aliphatic rings. The maximum Gasteiger partial charge on any atom is 0.253 e. The van der Waals surface area contributed by atoms with E-state index in [1.165, 1.54) is 24.3 Å². The minimum atomic E-state index is -0.391. The molecule has 0 radical (unpaired) electrons. The number of hydrogen-bond donors (Lipinski definition) is 1. The van der Waals surface area contributed by atoms with Crippen molar-refractivity contribution >= 4 is 11.8 Å². The number of amides is 2. The largest absolute Gasteiger partial charge is 0.394 e. The number of likely N-dealkylation sites (tertiary alicyclic amines) is 1. The van der Waals surface area contributed by atoms with E-state index in [9.17, 15) is 19.1 Å². The topological polar surface area (TPSA) is 60.9 Å². The van der Waals surface area contributed by atoms with E-state index >= 15 is 0 Å². The quantitative estimate of drug-likeness (QED) is 0.780. The summed E-state index contributed by atoms with van der Waals surface area (Å²) in [5.74, 6) is -0.674. The van der Waals surface area contributed by atoms with Gasteiger partial charge in [0.15, 0.2) is 0 Å². The average molecular weight is 398 g/mol. The van der Waals surface area contributed by atoms with E-state index in [1.54, 1.807) is 16.7 Å². The molecule has 3 atom stereocenters. The second-order valence-corrected chi connectivity index (χ2v) is 7.26. The first kappa shape index (κ1) is 21.0. The van der Waals surface area contributed by atoms with Gasteiger partial charge in [-0.1, -0.05) is 37.3 Å². The molecule has 0 spiro atoms. The Bertz CT molecular complexity index is 841. The smallest absolute Gasteiger partial charge is 0.253 e. The Kier molecular flexibility index (Phi) is 6.64. The summed E-state index contributed by atoms with van der Waals surface area (Å²) >= 11 is 0. The van der Waals surface area contributed by atoms with Gasteiger partial charge >= 0.3 is 0 Å². The molecule has 1 fully saturated rings. The zero-order valence-electron chi connectivity index (χ0n) is 16.8. The first-order valence-corrected chi connectivity index (χ1v) is 10.0. The van der Waals surface area contributed by atoms with Crippen LogP contribution < -0.4 is 0 Å². The summed E-state index contributed by atoms with van der Waals surface area (Å²) in [5.41, 5.74) is 1.46. The van der Waals surface area contributed by atoms with Crippen molar-refractivity contribution in [2.45, 2.75) is 38.3 Å². The number of benzene rings is 2. The van der Waals surface area contributed by atoms with Crippen LogP contribution in [0.25, 0.3) is 0 Å². The van der Waals surface area contributed by atoms with Crippen LogP contribution in [0.5, 0.6) is 0 Å². The Morgan fingerprint density at radius 2 is 1.69 bits per heavy atom. The summed E-state index contributed by atoms with van der Waals surface area (Å²) < 4.78 is 13.2. The molecule has 0 saturated carbocycles. The number of rotatable bonds is 7. The molecule has 2 aromatic rings. The van der Waals surface area contributed by atoms with Crippen molar-refractivity contribution in [1.29, 1.82) is 0 Å². The predicted molar refractivity (Wildman–Crippen MR) is 109 cm³/mol. The number of nitrogens with zero attached hydrogens (tertiary/aromatic N) is 2. The molecule has 5 nitrogen and oxygen atoms in total. The van der Waals surface area contributed by atoms with Crippen molar-refractivity contribution in [2.75, 3.05) is 19.7 Å². The van der Waals surface area contributed by atoms with Crippen molar-refractivity contribution in [1.82, 2.24) is 9.80 Å². The van der Waals surface area contributed by atoms with Crippen molar-refractivity contribution in [2.24, 2.45) is 0 Å². The van der Waals surface area contributed by atoms with Crippen LogP contribution in [0.2, 0.25) is 0 Å². The molecule has 1 aliphatic heterocycles. The third-order valence-electron chi connectivity index (χ3n) is 5.67. The number of carbonyl (C=O) groups excluding carboxylic acids is 2. The monoisotopic (exact) mass is 398 g/mol. The molecule has 1 N–H and O–H groups in total. The first-order chi connectivity index (χ1) is 14.0. The Labute approximate surface area is 170 Å². The molecule has 0 unspecified atom stereocenters. The second kappa shape index (κ2) is 9.18. The highest BCUT2D eigenvalue weighted by atomic mass is 19.1. The summed E-state index contributed by atoms with van der Waals surface area (Å²) in [5, 5.41) is 9.94. The highest BCUT2D eigenvalue weighted by molar-refractivity contribution is 5.94. The van der Waals surface area contributed by atoms with Crippen LogP contribution in [0, 0.1) is 5.82 Å². The highest BCUT2D eigenvalue weighted by Crippen LogP contribution is 2.41. The van der Waals surface area contributed by atoms with Crippen molar-refractivity contribution < 1.29 is 19.1 Å². The lowest BCUT2D eigenvalue weighted by Gasteiger charge is -2.56. The van der Waals surface area contributed by atoms with Crippen LogP contribution in [0.15, 0.2) is 54.6 Å². The fraction of sp³-hybridized carbons (Fsp3) is 0.391. The predicted octanol–water partition coefficient (Wildman–Crippen LogP) is 3.05. The van der Waals surface area contributed by atoms with E-state index in [-0.39, 0.29) is 36.4 Å². The number of aliphatic hydroxyl groups excluding tert-OH is 1. The number of hydrogen-bond acceptors (Lipinski definition) is 3. The Hall–Kier alpha value is -2.73. The van der Waals surface area contributed by atoms with Gasteiger partial charge in [-0.15, -0.1) is 0 Å². The lowest BCUT2D eigenvalue weighted by atomic mass is 9.74. The highest BCUT2D eigenvalue weighted by Gasteiger charge is 2.51. The van der Waals surface area contributed by atoms with E-state index in [1.807, 2.05) is 37.3 Å². The minimum Gasteiger partial charge on any atom is -0.394 e. The van der Waals surface area contributed by atoms with Gasteiger partial charge < -0.3 is 14.9 Å². The van der Waals surface area contributed by atoms with E-state index in [2.05, 4.69) is 0 Å². The van der Waals surface area contributed by atoms with Gasteiger partial charge in [0.1, 0.15) is 5.82 Å². The maximum absolute atomic E-state index is 13.2. The molecule has 154 valence electrons. The van der Waals surface area contributed by atoms with Crippen LogP contribution in [0.3, 0.4) is 0 Å². The van der Waals surface area contributed by atoms with Crippen LogP contribution in [-0.2, 0) is 4.79 Å². The summed E-state index contributed by atoms with van der Waals surface area (Å²) in [7, 11) is 0. The molecule has 2 amide bonds. The summed E-state index contributed by atoms with van der Waals surface area (Å²) in [6, 6.07) is 14.8. The summed E-state index contributed by atoms with van der Waals surface area (Å²) in [6.45, 7) is 4.37. The summed E-state index contributed by atoms with van der Waals surface area (Å²) in [4.78, 5) is 28.9. The molecule has 1 saturated heterocycles. The summed E-state index contributed by atoms with van der Waals surface area (Å²) in [6.07, 6.45) is 0.340. The van der Waals surface area contributed by atoms with Crippen molar-refractivity contribution in [3.05, 3.63) is 71.5 Å². The minimum absolute atomic E-state index is 0.0356. The Balaban J connectivity index is 1.87. The number of aliphatic hydroxyl groups is 1. The van der Waals surface area contributed by atoms with Crippen LogP contribution in [-0.4, -0.2) is 58.5 Å². The lowest BCUT2D eigenvalue weighted by Crippen LogP contribution is -2.68. The van der Waals surface area contributed by atoms with E-state index in [0.717, 1.165) is 5.56 Å². The SMILES string of the molecule is CCC(=O)N1[C@@H](CO)[C@@H](c2ccccc2)[C@@H]1CN(CC)C(=O)c1ccc(F)cc1. The Morgan fingerprint density at radius 3 is 2.24 bits per heavy atom. The number of carbonyl (C=O) groups is 2. The van der Waals surface area contributed by atoms with Gasteiger partial charge in [-0.2, -0.15) is 0 Å².